The van der Waals surface area contributed by atoms with E-state index in [0.717, 1.165) is 32.4 Å². The topological polar surface area (TPSA) is 89.4 Å². The molecule has 1 saturated heterocycles. The number of rotatable bonds is 2. The number of nitrogen functional groups attached to an aromatic ring is 1. The highest BCUT2D eigenvalue weighted by Crippen LogP contribution is 2.31. The zero-order valence-corrected chi connectivity index (χ0v) is 10.3. The Morgan fingerprint density at radius 2 is 2.06 bits per heavy atom. The van der Waals surface area contributed by atoms with Crippen molar-refractivity contribution in [3.05, 3.63) is 0 Å². The predicted octanol–water partition coefficient (Wildman–Crippen LogP) is -0.217. The molecule has 2 aliphatic rings. The SMILES string of the molecule is Nc1nc(N2CCOCC2)nn1C1CCCC1O. The summed E-state index contributed by atoms with van der Waals surface area (Å²) in [6.45, 7) is 2.97. The third-order valence-corrected chi connectivity index (χ3v) is 3.70. The Bertz CT molecular complexity index is 416. The first-order valence-corrected chi connectivity index (χ1v) is 6.48. The van der Waals surface area contributed by atoms with Gasteiger partial charge in [0.05, 0.1) is 25.4 Å². The van der Waals surface area contributed by atoms with Gasteiger partial charge in [-0.05, 0) is 19.3 Å². The average molecular weight is 253 g/mol. The molecule has 1 aromatic rings. The number of hydrogen-bond donors (Lipinski definition) is 2. The fraction of sp³-hybridized carbons (Fsp3) is 0.818. The summed E-state index contributed by atoms with van der Waals surface area (Å²) < 4.78 is 6.98. The van der Waals surface area contributed by atoms with Crippen LogP contribution in [0.4, 0.5) is 11.9 Å². The summed E-state index contributed by atoms with van der Waals surface area (Å²) >= 11 is 0. The zero-order valence-electron chi connectivity index (χ0n) is 10.3. The molecule has 18 heavy (non-hydrogen) atoms. The third-order valence-electron chi connectivity index (χ3n) is 3.70. The van der Waals surface area contributed by atoms with E-state index in [1.807, 2.05) is 0 Å². The maximum absolute atomic E-state index is 9.91. The second kappa shape index (κ2) is 4.74. The van der Waals surface area contributed by atoms with E-state index < -0.39 is 0 Å². The predicted molar refractivity (Wildman–Crippen MR) is 66.4 cm³/mol. The first-order valence-electron chi connectivity index (χ1n) is 6.48. The molecule has 0 amide bonds. The second-order valence-corrected chi connectivity index (χ2v) is 4.88. The average Bonchev–Trinajstić information content (AvgIpc) is 2.96. The molecular weight excluding hydrogens is 234 g/mol. The Morgan fingerprint density at radius 1 is 1.28 bits per heavy atom. The van der Waals surface area contributed by atoms with Crippen LogP contribution in [0.5, 0.6) is 0 Å². The van der Waals surface area contributed by atoms with Gasteiger partial charge in [-0.15, -0.1) is 5.10 Å². The minimum Gasteiger partial charge on any atom is -0.391 e. The molecule has 1 aliphatic carbocycles. The van der Waals surface area contributed by atoms with Gasteiger partial charge in [0.1, 0.15) is 0 Å². The quantitative estimate of drug-likeness (QED) is 0.757. The molecule has 1 saturated carbocycles. The lowest BCUT2D eigenvalue weighted by molar-refractivity contribution is 0.121. The van der Waals surface area contributed by atoms with E-state index in [0.29, 0.717) is 25.1 Å². The van der Waals surface area contributed by atoms with Crippen molar-refractivity contribution in [3.8, 4) is 0 Å². The van der Waals surface area contributed by atoms with Crippen LogP contribution in [0.1, 0.15) is 25.3 Å². The van der Waals surface area contributed by atoms with Crippen LogP contribution in [0, 0.1) is 0 Å². The number of nitrogens with two attached hydrogens (primary N) is 1. The fourth-order valence-corrected chi connectivity index (χ4v) is 2.67. The van der Waals surface area contributed by atoms with E-state index >= 15 is 0 Å². The van der Waals surface area contributed by atoms with E-state index in [2.05, 4.69) is 15.0 Å². The van der Waals surface area contributed by atoms with Crippen molar-refractivity contribution in [2.45, 2.75) is 31.4 Å². The molecule has 2 atom stereocenters. The highest BCUT2D eigenvalue weighted by atomic mass is 16.5. The van der Waals surface area contributed by atoms with Gasteiger partial charge in [0.2, 0.25) is 11.9 Å². The van der Waals surface area contributed by atoms with Crippen LogP contribution in [-0.2, 0) is 4.74 Å². The molecule has 7 heteroatoms. The highest BCUT2D eigenvalue weighted by molar-refractivity contribution is 5.35. The standard InChI is InChI=1S/C11H19N5O2/c12-10-13-11(15-4-6-18-7-5-15)14-16(10)8-2-1-3-9(8)17/h8-9,17H,1-7H2,(H2,12,13,14). The van der Waals surface area contributed by atoms with Gasteiger partial charge in [-0.3, -0.25) is 0 Å². The molecule has 0 radical (unpaired) electrons. The third kappa shape index (κ3) is 2.04. The van der Waals surface area contributed by atoms with Gasteiger partial charge in [0.25, 0.3) is 0 Å². The van der Waals surface area contributed by atoms with E-state index in [9.17, 15) is 5.11 Å². The van der Waals surface area contributed by atoms with Crippen LogP contribution < -0.4 is 10.6 Å². The minimum absolute atomic E-state index is 0.0210. The first kappa shape index (κ1) is 11.7. The van der Waals surface area contributed by atoms with Crippen molar-refractivity contribution in [2.75, 3.05) is 36.9 Å². The molecule has 2 heterocycles. The first-order chi connectivity index (χ1) is 8.75. The van der Waals surface area contributed by atoms with Gasteiger partial charge < -0.3 is 20.5 Å². The summed E-state index contributed by atoms with van der Waals surface area (Å²) in [4.78, 5) is 6.37. The summed E-state index contributed by atoms with van der Waals surface area (Å²) in [6.07, 6.45) is 2.39. The van der Waals surface area contributed by atoms with Crippen LogP contribution in [0.25, 0.3) is 0 Å². The van der Waals surface area contributed by atoms with Gasteiger partial charge in [-0.2, -0.15) is 4.98 Å². The summed E-state index contributed by atoms with van der Waals surface area (Å²) in [5.41, 5.74) is 5.91. The molecule has 7 nitrogen and oxygen atoms in total. The molecule has 3 rings (SSSR count). The molecule has 1 aromatic heterocycles. The lowest BCUT2D eigenvalue weighted by Crippen LogP contribution is -2.37. The maximum atomic E-state index is 9.91. The normalized spacial score (nSPS) is 28.8. The largest absolute Gasteiger partial charge is 0.391 e. The van der Waals surface area contributed by atoms with Crippen LogP contribution in [0.2, 0.25) is 0 Å². The van der Waals surface area contributed by atoms with Crippen molar-refractivity contribution in [1.29, 1.82) is 0 Å². The number of aliphatic hydroxyl groups is 1. The molecule has 2 fully saturated rings. The van der Waals surface area contributed by atoms with Crippen LogP contribution >= 0.6 is 0 Å². The summed E-state index contributed by atoms with van der Waals surface area (Å²) in [6, 6.07) is -0.0210. The Morgan fingerprint density at radius 3 is 2.72 bits per heavy atom. The summed E-state index contributed by atoms with van der Waals surface area (Å²) in [5, 5.41) is 14.4. The molecular formula is C11H19N5O2. The molecule has 0 spiro atoms. The summed E-state index contributed by atoms with van der Waals surface area (Å²) in [7, 11) is 0. The number of anilines is 2. The smallest absolute Gasteiger partial charge is 0.246 e. The molecule has 2 unspecified atom stereocenters. The molecule has 3 N–H and O–H groups in total. The summed E-state index contributed by atoms with van der Waals surface area (Å²) in [5.74, 6) is 1.04. The Hall–Kier alpha value is -1.34. The van der Waals surface area contributed by atoms with Crippen molar-refractivity contribution >= 4 is 11.9 Å². The number of ether oxygens (including phenoxy) is 1. The number of aromatic nitrogens is 3. The fourth-order valence-electron chi connectivity index (χ4n) is 2.67. The maximum Gasteiger partial charge on any atom is 0.246 e. The van der Waals surface area contributed by atoms with Gasteiger partial charge in [-0.1, -0.05) is 0 Å². The monoisotopic (exact) mass is 253 g/mol. The van der Waals surface area contributed by atoms with Crippen LogP contribution in [-0.4, -0.2) is 52.3 Å². The zero-order chi connectivity index (χ0) is 12.5. The molecule has 0 aromatic carbocycles. The highest BCUT2D eigenvalue weighted by Gasteiger charge is 2.30. The van der Waals surface area contributed by atoms with Gasteiger partial charge >= 0.3 is 0 Å². The van der Waals surface area contributed by atoms with E-state index in [-0.39, 0.29) is 12.1 Å². The van der Waals surface area contributed by atoms with Crippen LogP contribution in [0.3, 0.4) is 0 Å². The van der Waals surface area contributed by atoms with Crippen molar-refractivity contribution in [2.24, 2.45) is 0 Å². The Labute approximate surface area is 106 Å². The lowest BCUT2D eigenvalue weighted by Gasteiger charge is -2.25. The number of morpholine rings is 1. The molecule has 100 valence electrons. The number of aliphatic hydroxyl groups excluding tert-OH is 1. The second-order valence-electron chi connectivity index (χ2n) is 4.88. The van der Waals surface area contributed by atoms with Gasteiger partial charge in [0, 0.05) is 13.1 Å². The lowest BCUT2D eigenvalue weighted by atomic mass is 10.2. The Kier molecular flexibility index (Phi) is 3.09. The minimum atomic E-state index is -0.355. The molecule has 0 bridgehead atoms. The number of nitrogens with zero attached hydrogens (tertiary/aromatic N) is 4. The van der Waals surface area contributed by atoms with Gasteiger partial charge in [0.15, 0.2) is 0 Å². The van der Waals surface area contributed by atoms with Crippen molar-refractivity contribution < 1.29 is 9.84 Å². The van der Waals surface area contributed by atoms with E-state index in [4.69, 9.17) is 10.5 Å². The molecule has 1 aliphatic heterocycles. The van der Waals surface area contributed by atoms with E-state index in [1.165, 1.54) is 0 Å². The number of hydrogen-bond acceptors (Lipinski definition) is 6. The van der Waals surface area contributed by atoms with Crippen LogP contribution in [0.15, 0.2) is 0 Å². The van der Waals surface area contributed by atoms with Gasteiger partial charge in [-0.25, -0.2) is 4.68 Å². The Balaban J connectivity index is 1.81. The van der Waals surface area contributed by atoms with E-state index in [1.54, 1.807) is 4.68 Å². The van der Waals surface area contributed by atoms with Crippen molar-refractivity contribution in [1.82, 2.24) is 14.8 Å². The van der Waals surface area contributed by atoms with Crippen molar-refractivity contribution in [3.63, 3.8) is 0 Å².